The summed E-state index contributed by atoms with van der Waals surface area (Å²) in [5.41, 5.74) is 2.79. The molecule has 96 valence electrons. The van der Waals surface area contributed by atoms with E-state index in [1.165, 1.54) is 0 Å². The Hall–Kier alpha value is -1.95. The number of carbonyl (C=O) groups is 1. The molecule has 3 aromatic rings. The Balaban J connectivity index is 2.14. The number of aryl methyl sites for hydroxylation is 2. The SMILES string of the molecule is Cc1ccc2c(C(=O)c3cn(C)nc3Br)c[nH]c2n1. The number of aromatic amines is 1. The van der Waals surface area contributed by atoms with E-state index in [0.717, 1.165) is 16.7 Å². The lowest BCUT2D eigenvalue weighted by atomic mass is 10.1. The van der Waals surface area contributed by atoms with Gasteiger partial charge in [-0.1, -0.05) is 0 Å². The van der Waals surface area contributed by atoms with Crippen molar-refractivity contribution in [1.29, 1.82) is 0 Å². The normalized spacial score (nSPS) is 11.1. The van der Waals surface area contributed by atoms with Crippen molar-refractivity contribution in [3.63, 3.8) is 0 Å². The lowest BCUT2D eigenvalue weighted by Gasteiger charge is -1.97. The highest BCUT2D eigenvalue weighted by atomic mass is 79.9. The van der Waals surface area contributed by atoms with E-state index in [2.05, 4.69) is 31.0 Å². The molecule has 6 heteroatoms. The van der Waals surface area contributed by atoms with Crippen LogP contribution in [0.15, 0.2) is 29.1 Å². The predicted octanol–water partition coefficient (Wildman–Crippen LogP) is 2.60. The number of ketones is 1. The molecule has 0 radical (unpaired) electrons. The van der Waals surface area contributed by atoms with Crippen molar-refractivity contribution in [2.45, 2.75) is 6.92 Å². The van der Waals surface area contributed by atoms with Crippen molar-refractivity contribution in [3.8, 4) is 0 Å². The number of fused-ring (bicyclic) bond motifs is 1. The molecule has 3 aromatic heterocycles. The van der Waals surface area contributed by atoms with E-state index in [1.54, 1.807) is 24.1 Å². The third kappa shape index (κ3) is 1.98. The second kappa shape index (κ2) is 4.31. The van der Waals surface area contributed by atoms with E-state index >= 15 is 0 Å². The first kappa shape index (κ1) is 12.1. The topological polar surface area (TPSA) is 63.6 Å². The van der Waals surface area contributed by atoms with Crippen molar-refractivity contribution < 1.29 is 4.79 Å². The number of rotatable bonds is 2. The molecule has 0 saturated heterocycles. The standard InChI is InChI=1S/C13H11BrN4O/c1-7-3-4-8-9(5-15-13(8)16-7)11(19)10-6-18(2)17-12(10)14/h3-6H,1-2H3,(H,15,16). The fraction of sp³-hybridized carbons (Fsp3) is 0.154. The van der Waals surface area contributed by atoms with Crippen molar-refractivity contribution in [1.82, 2.24) is 19.7 Å². The second-order valence-corrected chi connectivity index (χ2v) is 5.14. The summed E-state index contributed by atoms with van der Waals surface area (Å²) in [6.07, 6.45) is 3.39. The minimum absolute atomic E-state index is 0.0723. The molecule has 19 heavy (non-hydrogen) atoms. The molecule has 0 fully saturated rings. The fourth-order valence-electron chi connectivity index (χ4n) is 2.05. The maximum absolute atomic E-state index is 12.5. The lowest BCUT2D eigenvalue weighted by molar-refractivity contribution is 0.103. The van der Waals surface area contributed by atoms with Gasteiger partial charge in [0.15, 0.2) is 5.78 Å². The number of halogens is 1. The summed E-state index contributed by atoms with van der Waals surface area (Å²) in [5.74, 6) is -0.0723. The summed E-state index contributed by atoms with van der Waals surface area (Å²) in [7, 11) is 1.78. The lowest BCUT2D eigenvalue weighted by Crippen LogP contribution is -2.00. The van der Waals surface area contributed by atoms with Gasteiger partial charge in [-0.15, -0.1) is 0 Å². The first-order chi connectivity index (χ1) is 9.06. The maximum atomic E-state index is 12.5. The van der Waals surface area contributed by atoms with Gasteiger partial charge in [0.2, 0.25) is 0 Å². The van der Waals surface area contributed by atoms with Crippen LogP contribution in [-0.2, 0) is 7.05 Å². The van der Waals surface area contributed by atoms with Crippen LogP contribution in [0.2, 0.25) is 0 Å². The Morgan fingerprint density at radius 1 is 1.37 bits per heavy atom. The quantitative estimate of drug-likeness (QED) is 0.739. The molecule has 0 bridgehead atoms. The third-order valence-corrected chi connectivity index (χ3v) is 3.54. The molecule has 0 aromatic carbocycles. The monoisotopic (exact) mass is 318 g/mol. The van der Waals surface area contributed by atoms with Crippen molar-refractivity contribution in [2.24, 2.45) is 7.05 Å². The summed E-state index contributed by atoms with van der Waals surface area (Å²) in [6.45, 7) is 1.92. The first-order valence-electron chi connectivity index (χ1n) is 5.75. The van der Waals surface area contributed by atoms with Gasteiger partial charge in [-0.2, -0.15) is 5.10 Å². The van der Waals surface area contributed by atoms with Crippen LogP contribution in [0.25, 0.3) is 11.0 Å². The minimum atomic E-state index is -0.0723. The minimum Gasteiger partial charge on any atom is -0.345 e. The number of nitrogens with zero attached hydrogens (tertiary/aromatic N) is 3. The molecular weight excluding hydrogens is 308 g/mol. The Bertz CT molecular complexity index is 787. The van der Waals surface area contributed by atoms with Gasteiger partial charge in [0.25, 0.3) is 0 Å². The van der Waals surface area contributed by atoms with Crippen molar-refractivity contribution in [3.05, 3.63) is 46.0 Å². The van der Waals surface area contributed by atoms with Crippen LogP contribution in [0.5, 0.6) is 0 Å². The summed E-state index contributed by atoms with van der Waals surface area (Å²) >= 11 is 3.30. The Morgan fingerprint density at radius 3 is 2.84 bits per heavy atom. The number of carbonyl (C=O) groups excluding carboxylic acids is 1. The Labute approximate surface area is 117 Å². The summed E-state index contributed by atoms with van der Waals surface area (Å²) in [4.78, 5) is 19.9. The molecule has 0 atom stereocenters. The molecule has 0 amide bonds. The molecule has 0 aliphatic heterocycles. The van der Waals surface area contributed by atoms with Gasteiger partial charge < -0.3 is 4.98 Å². The third-order valence-electron chi connectivity index (χ3n) is 2.95. The van der Waals surface area contributed by atoms with Crippen LogP contribution >= 0.6 is 15.9 Å². The number of nitrogens with one attached hydrogen (secondary N) is 1. The molecule has 0 unspecified atom stereocenters. The van der Waals surface area contributed by atoms with E-state index in [-0.39, 0.29) is 5.78 Å². The van der Waals surface area contributed by atoms with Gasteiger partial charge in [-0.05, 0) is 35.0 Å². The summed E-state index contributed by atoms with van der Waals surface area (Å²) in [5, 5.41) is 4.95. The Kier molecular flexibility index (Phi) is 2.74. The van der Waals surface area contributed by atoms with Crippen molar-refractivity contribution >= 4 is 32.7 Å². The fourth-order valence-corrected chi connectivity index (χ4v) is 2.58. The van der Waals surface area contributed by atoms with Crippen LogP contribution in [-0.4, -0.2) is 25.5 Å². The molecule has 0 spiro atoms. The summed E-state index contributed by atoms with van der Waals surface area (Å²) in [6, 6.07) is 3.80. The molecule has 3 rings (SSSR count). The highest BCUT2D eigenvalue weighted by molar-refractivity contribution is 9.10. The molecular formula is C13H11BrN4O. The smallest absolute Gasteiger partial charge is 0.199 e. The maximum Gasteiger partial charge on any atom is 0.199 e. The Morgan fingerprint density at radius 2 is 2.16 bits per heavy atom. The zero-order chi connectivity index (χ0) is 13.6. The molecule has 0 aliphatic rings. The van der Waals surface area contributed by atoms with Crippen LogP contribution in [0, 0.1) is 6.92 Å². The van der Waals surface area contributed by atoms with E-state index in [0.29, 0.717) is 15.7 Å². The van der Waals surface area contributed by atoms with Crippen LogP contribution in [0.4, 0.5) is 0 Å². The van der Waals surface area contributed by atoms with E-state index < -0.39 is 0 Å². The van der Waals surface area contributed by atoms with Crippen LogP contribution in [0.3, 0.4) is 0 Å². The van der Waals surface area contributed by atoms with Crippen LogP contribution in [0.1, 0.15) is 21.6 Å². The highest BCUT2D eigenvalue weighted by Gasteiger charge is 2.19. The van der Waals surface area contributed by atoms with Gasteiger partial charge in [0.1, 0.15) is 10.3 Å². The zero-order valence-corrected chi connectivity index (χ0v) is 12.0. The number of H-pyrrole nitrogens is 1. The van der Waals surface area contributed by atoms with Gasteiger partial charge in [-0.3, -0.25) is 9.48 Å². The molecule has 1 N–H and O–H groups in total. The van der Waals surface area contributed by atoms with Gasteiger partial charge >= 0.3 is 0 Å². The number of hydrogen-bond donors (Lipinski definition) is 1. The van der Waals surface area contributed by atoms with Crippen molar-refractivity contribution in [2.75, 3.05) is 0 Å². The van der Waals surface area contributed by atoms with E-state index in [4.69, 9.17) is 0 Å². The van der Waals surface area contributed by atoms with E-state index in [1.807, 2.05) is 19.1 Å². The number of hydrogen-bond acceptors (Lipinski definition) is 3. The molecule has 5 nitrogen and oxygen atoms in total. The summed E-state index contributed by atoms with van der Waals surface area (Å²) < 4.78 is 2.16. The average Bonchev–Trinajstić information content (AvgIpc) is 2.91. The second-order valence-electron chi connectivity index (χ2n) is 4.39. The number of aromatic nitrogens is 4. The predicted molar refractivity (Wildman–Crippen MR) is 75.2 cm³/mol. The van der Waals surface area contributed by atoms with Gasteiger partial charge in [0.05, 0.1) is 5.56 Å². The zero-order valence-electron chi connectivity index (χ0n) is 10.4. The highest BCUT2D eigenvalue weighted by Crippen LogP contribution is 2.23. The van der Waals surface area contributed by atoms with Crippen LogP contribution < -0.4 is 0 Å². The number of pyridine rings is 1. The average molecular weight is 319 g/mol. The first-order valence-corrected chi connectivity index (χ1v) is 6.54. The van der Waals surface area contributed by atoms with E-state index in [9.17, 15) is 4.79 Å². The largest absolute Gasteiger partial charge is 0.345 e. The molecule has 0 aliphatic carbocycles. The molecule has 0 saturated carbocycles. The van der Waals surface area contributed by atoms with Gasteiger partial charge in [0, 0.05) is 36.1 Å². The van der Waals surface area contributed by atoms with Gasteiger partial charge in [-0.25, -0.2) is 4.98 Å². The molecule has 3 heterocycles.